The van der Waals surface area contributed by atoms with E-state index in [1.54, 1.807) is 7.05 Å². The van der Waals surface area contributed by atoms with Crippen LogP contribution in [-0.2, 0) is 11.8 Å². The molecule has 0 spiro atoms. The number of nitrogens with zero attached hydrogens (tertiary/aromatic N) is 3. The molecular weight excluding hydrogens is 252 g/mol. The Hall–Kier alpha value is -1.08. The van der Waals surface area contributed by atoms with E-state index in [1.807, 2.05) is 18.5 Å². The first-order chi connectivity index (χ1) is 8.51. The highest BCUT2D eigenvalue weighted by Gasteiger charge is 2.50. The topological polar surface area (TPSA) is 80.0 Å². The zero-order chi connectivity index (χ0) is 13.3. The summed E-state index contributed by atoms with van der Waals surface area (Å²) in [5, 5.41) is 21.2. The Labute approximate surface area is 110 Å². The maximum Gasteiger partial charge on any atom is 0.325 e. The number of carboxylic acid groups (broad SMARTS) is 1. The molecule has 6 nitrogen and oxygen atoms in total. The second-order valence-electron chi connectivity index (χ2n) is 4.68. The predicted molar refractivity (Wildman–Crippen MR) is 68.6 cm³/mol. The second-order valence-corrected chi connectivity index (χ2v) is 5.62. The number of aromatic nitrogens is 3. The van der Waals surface area contributed by atoms with Crippen molar-refractivity contribution in [3.63, 3.8) is 0 Å². The third-order valence-electron chi connectivity index (χ3n) is 3.58. The van der Waals surface area contributed by atoms with Crippen molar-refractivity contribution in [3.05, 3.63) is 5.82 Å². The van der Waals surface area contributed by atoms with E-state index in [1.165, 1.54) is 11.8 Å². The SMILES string of the molecule is CNC(CSc1nnc(C)n1C)(C(=O)O)C1CC1. The minimum Gasteiger partial charge on any atom is -0.480 e. The minimum atomic E-state index is -0.843. The summed E-state index contributed by atoms with van der Waals surface area (Å²) in [4.78, 5) is 11.5. The third-order valence-corrected chi connectivity index (χ3v) is 4.80. The van der Waals surface area contributed by atoms with Crippen LogP contribution in [0.4, 0.5) is 0 Å². The third kappa shape index (κ3) is 2.24. The molecule has 100 valence electrons. The van der Waals surface area contributed by atoms with E-state index in [0.717, 1.165) is 23.8 Å². The second kappa shape index (κ2) is 4.89. The summed E-state index contributed by atoms with van der Waals surface area (Å²) in [5.41, 5.74) is -0.843. The number of likely N-dealkylation sites (N-methyl/N-ethyl adjacent to an activating group) is 1. The van der Waals surface area contributed by atoms with Gasteiger partial charge in [-0.15, -0.1) is 10.2 Å². The van der Waals surface area contributed by atoms with Crippen LogP contribution in [0.25, 0.3) is 0 Å². The Morgan fingerprint density at radius 3 is 2.67 bits per heavy atom. The van der Waals surface area contributed by atoms with Crippen molar-refractivity contribution >= 4 is 17.7 Å². The number of aliphatic carboxylic acids is 1. The molecule has 1 atom stereocenters. The van der Waals surface area contributed by atoms with Gasteiger partial charge in [-0.3, -0.25) is 4.79 Å². The normalized spacial score (nSPS) is 18.6. The van der Waals surface area contributed by atoms with Crippen molar-refractivity contribution in [2.24, 2.45) is 13.0 Å². The first-order valence-electron chi connectivity index (χ1n) is 5.92. The fourth-order valence-electron chi connectivity index (χ4n) is 2.01. The van der Waals surface area contributed by atoms with Crippen LogP contribution in [0.5, 0.6) is 0 Å². The molecule has 0 amide bonds. The van der Waals surface area contributed by atoms with E-state index >= 15 is 0 Å². The highest BCUT2D eigenvalue weighted by atomic mass is 32.2. The van der Waals surface area contributed by atoms with Gasteiger partial charge in [0.25, 0.3) is 0 Å². The lowest BCUT2D eigenvalue weighted by molar-refractivity contribution is -0.144. The summed E-state index contributed by atoms with van der Waals surface area (Å²) in [6, 6.07) is 0. The maximum atomic E-state index is 11.5. The van der Waals surface area contributed by atoms with Crippen LogP contribution in [0.2, 0.25) is 0 Å². The molecule has 0 radical (unpaired) electrons. The van der Waals surface area contributed by atoms with Gasteiger partial charge in [-0.2, -0.15) is 0 Å². The first kappa shape index (κ1) is 13.4. The highest BCUT2D eigenvalue weighted by Crippen LogP contribution is 2.42. The molecule has 1 aliphatic rings. The largest absolute Gasteiger partial charge is 0.480 e. The molecule has 7 heteroatoms. The molecule has 1 aromatic heterocycles. The van der Waals surface area contributed by atoms with Crippen LogP contribution in [0.1, 0.15) is 18.7 Å². The van der Waals surface area contributed by atoms with E-state index in [9.17, 15) is 9.90 Å². The average Bonchev–Trinajstić information content (AvgIpc) is 3.12. The standard InChI is InChI=1S/C11H18N4O2S/c1-7-13-14-10(15(7)3)18-6-11(12-2,9(16)17)8-4-5-8/h8,12H,4-6H2,1-3H3,(H,16,17). The smallest absolute Gasteiger partial charge is 0.325 e. The van der Waals surface area contributed by atoms with Gasteiger partial charge in [0.15, 0.2) is 5.16 Å². The number of carboxylic acids is 1. The molecule has 1 aromatic rings. The predicted octanol–water partition coefficient (Wildman–Crippen LogP) is 0.668. The van der Waals surface area contributed by atoms with Gasteiger partial charge in [0, 0.05) is 12.8 Å². The number of nitrogens with one attached hydrogen (secondary N) is 1. The zero-order valence-electron chi connectivity index (χ0n) is 10.8. The Morgan fingerprint density at radius 1 is 1.61 bits per heavy atom. The van der Waals surface area contributed by atoms with Gasteiger partial charge in [0.05, 0.1) is 0 Å². The molecule has 2 N–H and O–H groups in total. The van der Waals surface area contributed by atoms with Gasteiger partial charge < -0.3 is 15.0 Å². The van der Waals surface area contributed by atoms with Crippen molar-refractivity contribution in [1.29, 1.82) is 0 Å². The Bertz CT molecular complexity index is 458. The fourth-order valence-corrected chi connectivity index (χ4v) is 3.29. The highest BCUT2D eigenvalue weighted by molar-refractivity contribution is 7.99. The van der Waals surface area contributed by atoms with Gasteiger partial charge in [0.1, 0.15) is 11.4 Å². The minimum absolute atomic E-state index is 0.224. The summed E-state index contributed by atoms with van der Waals surface area (Å²) in [6.45, 7) is 1.88. The molecule has 1 unspecified atom stereocenters. The number of thioether (sulfide) groups is 1. The quantitative estimate of drug-likeness (QED) is 0.740. The maximum absolute atomic E-state index is 11.5. The molecule has 0 saturated heterocycles. The lowest BCUT2D eigenvalue weighted by atomic mass is 9.96. The Morgan fingerprint density at radius 2 is 2.28 bits per heavy atom. The molecular formula is C11H18N4O2S. The molecule has 2 rings (SSSR count). The zero-order valence-corrected chi connectivity index (χ0v) is 11.6. The molecule has 1 heterocycles. The first-order valence-corrected chi connectivity index (χ1v) is 6.91. The number of hydrogen-bond acceptors (Lipinski definition) is 5. The molecule has 1 aliphatic carbocycles. The van der Waals surface area contributed by atoms with Crippen molar-refractivity contribution < 1.29 is 9.90 Å². The van der Waals surface area contributed by atoms with Crippen LogP contribution in [-0.4, -0.2) is 44.2 Å². The summed E-state index contributed by atoms with van der Waals surface area (Å²) in [7, 11) is 3.60. The molecule has 1 fully saturated rings. The average molecular weight is 270 g/mol. The van der Waals surface area contributed by atoms with Crippen molar-refractivity contribution in [1.82, 2.24) is 20.1 Å². The molecule has 0 aliphatic heterocycles. The summed E-state index contributed by atoms with van der Waals surface area (Å²) >= 11 is 1.44. The molecule has 0 bridgehead atoms. The van der Waals surface area contributed by atoms with E-state index in [2.05, 4.69) is 15.5 Å². The number of rotatable bonds is 6. The van der Waals surface area contributed by atoms with E-state index < -0.39 is 11.5 Å². The summed E-state index contributed by atoms with van der Waals surface area (Å²) in [5.74, 6) is 0.741. The monoisotopic (exact) mass is 270 g/mol. The number of carbonyl (C=O) groups is 1. The van der Waals surface area contributed by atoms with Crippen LogP contribution in [0, 0.1) is 12.8 Å². The van der Waals surface area contributed by atoms with Crippen LogP contribution in [0.3, 0.4) is 0 Å². The van der Waals surface area contributed by atoms with Gasteiger partial charge in [-0.1, -0.05) is 11.8 Å². The van der Waals surface area contributed by atoms with Crippen molar-refractivity contribution in [3.8, 4) is 0 Å². The van der Waals surface area contributed by atoms with Gasteiger partial charge in [-0.25, -0.2) is 0 Å². The summed E-state index contributed by atoms with van der Waals surface area (Å²) in [6.07, 6.45) is 1.96. The van der Waals surface area contributed by atoms with Crippen LogP contribution < -0.4 is 5.32 Å². The van der Waals surface area contributed by atoms with Crippen molar-refractivity contribution in [2.75, 3.05) is 12.8 Å². The molecule has 18 heavy (non-hydrogen) atoms. The van der Waals surface area contributed by atoms with Crippen molar-refractivity contribution in [2.45, 2.75) is 30.5 Å². The lowest BCUT2D eigenvalue weighted by Crippen LogP contribution is -2.54. The molecule has 0 aromatic carbocycles. The van der Waals surface area contributed by atoms with Crippen LogP contribution >= 0.6 is 11.8 Å². The van der Waals surface area contributed by atoms with E-state index in [0.29, 0.717) is 5.75 Å². The fraction of sp³-hybridized carbons (Fsp3) is 0.727. The van der Waals surface area contributed by atoms with E-state index in [-0.39, 0.29) is 5.92 Å². The molecule has 1 saturated carbocycles. The van der Waals surface area contributed by atoms with Gasteiger partial charge in [-0.05, 0) is 32.7 Å². The van der Waals surface area contributed by atoms with Gasteiger partial charge >= 0.3 is 5.97 Å². The number of hydrogen-bond donors (Lipinski definition) is 2. The van der Waals surface area contributed by atoms with Crippen LogP contribution in [0.15, 0.2) is 5.16 Å². The van der Waals surface area contributed by atoms with E-state index in [4.69, 9.17) is 0 Å². The summed E-state index contributed by atoms with van der Waals surface area (Å²) < 4.78 is 1.87. The Balaban J connectivity index is 2.11. The van der Waals surface area contributed by atoms with Gasteiger partial charge in [0.2, 0.25) is 0 Å². The number of aryl methyl sites for hydroxylation is 1. The Kier molecular flexibility index (Phi) is 3.63. The lowest BCUT2D eigenvalue weighted by Gasteiger charge is -2.28.